The molecule has 3 heterocycles. The average molecular weight is 641 g/mol. The average Bonchev–Trinajstić information content (AvgIpc) is 3.36. The molecule has 3 aliphatic carbocycles. The van der Waals surface area contributed by atoms with Gasteiger partial charge in [0.05, 0.1) is 29.8 Å². The Bertz CT molecular complexity index is 1690. The molecule has 1 fully saturated rings. The second kappa shape index (κ2) is 9.78. The number of allylic oxidation sites excluding steroid dienone is 3. The smallest absolute Gasteiger partial charge is 0.255 e. The first kappa shape index (κ1) is 26.9. The molecule has 212 valence electrons. The number of benzene rings is 1. The van der Waals surface area contributed by atoms with E-state index in [4.69, 9.17) is 26.1 Å². The van der Waals surface area contributed by atoms with Crippen molar-refractivity contribution in [2.24, 2.45) is 5.92 Å². The van der Waals surface area contributed by atoms with Gasteiger partial charge in [-0.2, -0.15) is 0 Å². The third-order valence-electron chi connectivity index (χ3n) is 9.14. The number of nitrogens with one attached hydrogen (secondary N) is 1. The van der Waals surface area contributed by atoms with Gasteiger partial charge < -0.3 is 19.6 Å². The van der Waals surface area contributed by atoms with E-state index in [-0.39, 0.29) is 45.1 Å². The second-order valence-corrected chi connectivity index (χ2v) is 12.6. The van der Waals surface area contributed by atoms with Crippen molar-refractivity contribution in [3.05, 3.63) is 103 Å². The van der Waals surface area contributed by atoms with Crippen LogP contribution in [0.15, 0.2) is 57.8 Å². The minimum Gasteiger partial charge on any atom is -0.496 e. The summed E-state index contributed by atoms with van der Waals surface area (Å²) in [6.07, 6.45) is 11.3. The van der Waals surface area contributed by atoms with E-state index < -0.39 is 28.9 Å². The highest BCUT2D eigenvalue weighted by Crippen LogP contribution is 2.68. The quantitative estimate of drug-likeness (QED) is 0.321. The van der Waals surface area contributed by atoms with E-state index in [2.05, 4.69) is 25.9 Å². The Labute approximate surface area is 249 Å². The summed E-state index contributed by atoms with van der Waals surface area (Å²) >= 11 is 9.92. The molecule has 3 aromatic rings. The predicted molar refractivity (Wildman–Crippen MR) is 155 cm³/mol. The number of rotatable bonds is 4. The van der Waals surface area contributed by atoms with Crippen molar-refractivity contribution in [1.82, 2.24) is 15.0 Å². The van der Waals surface area contributed by atoms with E-state index in [9.17, 15) is 14.3 Å². The molecule has 1 unspecified atom stereocenters. The van der Waals surface area contributed by atoms with Crippen molar-refractivity contribution in [1.29, 1.82) is 0 Å². The maximum atomic E-state index is 14.8. The molecule has 1 aliphatic heterocycles. The van der Waals surface area contributed by atoms with Gasteiger partial charge >= 0.3 is 0 Å². The number of aliphatic hydroxyl groups is 1. The molecule has 0 saturated heterocycles. The highest BCUT2D eigenvalue weighted by atomic mass is 79.9. The van der Waals surface area contributed by atoms with Gasteiger partial charge in [0.2, 0.25) is 5.88 Å². The highest BCUT2D eigenvalue weighted by molar-refractivity contribution is 9.11. The Balaban J connectivity index is 1.58. The lowest BCUT2D eigenvalue weighted by atomic mass is 9.65. The molecule has 7 nitrogen and oxygen atoms in total. The number of nitrogens with zero attached hydrogens (tertiary/aromatic N) is 2. The van der Waals surface area contributed by atoms with Crippen molar-refractivity contribution in [2.75, 3.05) is 7.11 Å². The first-order valence-corrected chi connectivity index (χ1v) is 15.0. The Morgan fingerprint density at radius 2 is 2.02 bits per heavy atom. The van der Waals surface area contributed by atoms with Gasteiger partial charge in [-0.3, -0.25) is 4.79 Å². The summed E-state index contributed by atoms with van der Waals surface area (Å²) in [5.74, 6) is -0.839. The van der Waals surface area contributed by atoms with Crippen LogP contribution in [0.25, 0.3) is 0 Å². The maximum Gasteiger partial charge on any atom is 0.255 e. The zero-order valence-corrected chi connectivity index (χ0v) is 24.6. The first-order chi connectivity index (χ1) is 19.8. The van der Waals surface area contributed by atoms with Gasteiger partial charge in [0.15, 0.2) is 11.2 Å². The van der Waals surface area contributed by atoms with E-state index in [1.54, 1.807) is 12.1 Å². The van der Waals surface area contributed by atoms with E-state index in [0.717, 1.165) is 36.6 Å². The van der Waals surface area contributed by atoms with Crippen molar-refractivity contribution in [3.8, 4) is 11.6 Å². The molecule has 0 radical (unpaired) electrons. The summed E-state index contributed by atoms with van der Waals surface area (Å²) in [5, 5.41) is 13.4. The fraction of sp³-hybridized carbons (Fsp3) is 0.387. The molecule has 10 heteroatoms. The molecule has 1 saturated carbocycles. The van der Waals surface area contributed by atoms with E-state index in [0.29, 0.717) is 17.8 Å². The van der Waals surface area contributed by atoms with Crippen molar-refractivity contribution in [2.45, 2.75) is 61.6 Å². The lowest BCUT2D eigenvalue weighted by Crippen LogP contribution is -2.57. The normalized spacial score (nSPS) is 28.5. The summed E-state index contributed by atoms with van der Waals surface area (Å²) in [6.45, 7) is 0. The SMILES string of the molecule is COc1cc(Cl)nc2c1[C@]1(O)c3nc(C4CCCCC4)[nH]c(=O)c3[C@@H](c3cccc(F)c3)[C@]1(C1C=CC(Br)=CC1)O2. The number of hydrogen-bond acceptors (Lipinski definition) is 6. The fourth-order valence-corrected chi connectivity index (χ4v) is 7.95. The zero-order chi connectivity index (χ0) is 28.5. The molecule has 2 aromatic heterocycles. The number of halogens is 3. The van der Waals surface area contributed by atoms with Gasteiger partial charge in [-0.1, -0.05) is 77.2 Å². The third kappa shape index (κ3) is 3.81. The standard InChI is InChI=1S/C31H28BrClFN3O4/c1-40-21-15-22(33)35-29-25(21)30(39)26-23(28(38)37-27(36-26)16-6-3-2-4-7-16)24(17-8-5-9-20(34)14-17)31(30,41-29)18-10-12-19(32)13-11-18/h5,8-10,12-16,18,24,39H,2-4,6-7,11H2,1H3,(H,36,37,38)/t18?,24-,30+,31+/m1/s1. The van der Waals surface area contributed by atoms with Crippen molar-refractivity contribution >= 4 is 27.5 Å². The summed E-state index contributed by atoms with van der Waals surface area (Å²) in [5.41, 5.74) is -2.69. The van der Waals surface area contributed by atoms with E-state index in [1.807, 2.05) is 18.2 Å². The summed E-state index contributed by atoms with van der Waals surface area (Å²) in [6, 6.07) is 7.61. The van der Waals surface area contributed by atoms with Crippen LogP contribution < -0.4 is 15.0 Å². The fourth-order valence-electron chi connectivity index (χ4n) is 7.44. The Morgan fingerprint density at radius 1 is 1.22 bits per heavy atom. The highest BCUT2D eigenvalue weighted by Gasteiger charge is 2.75. The van der Waals surface area contributed by atoms with Crippen LogP contribution in [0.2, 0.25) is 5.15 Å². The second-order valence-electron chi connectivity index (χ2n) is 11.3. The molecule has 0 amide bonds. The molecule has 2 N–H and O–H groups in total. The van der Waals surface area contributed by atoms with Crippen molar-refractivity contribution in [3.63, 3.8) is 0 Å². The zero-order valence-electron chi connectivity index (χ0n) is 22.3. The summed E-state index contributed by atoms with van der Waals surface area (Å²) in [4.78, 5) is 26.7. The third-order valence-corrected chi connectivity index (χ3v) is 9.93. The molecular formula is C31H28BrClFN3O4. The minimum absolute atomic E-state index is 0.0634. The van der Waals surface area contributed by atoms with Crippen LogP contribution in [0, 0.1) is 11.7 Å². The summed E-state index contributed by atoms with van der Waals surface area (Å²) in [7, 11) is 1.48. The number of H-pyrrole nitrogens is 1. The molecule has 4 aliphatic rings. The lowest BCUT2D eigenvalue weighted by Gasteiger charge is -2.44. The van der Waals surface area contributed by atoms with Gasteiger partial charge in [0.25, 0.3) is 5.56 Å². The Hall–Kier alpha value is -3.01. The van der Waals surface area contributed by atoms with Gasteiger partial charge in [0.1, 0.15) is 22.5 Å². The molecule has 4 atom stereocenters. The number of hydrogen-bond donors (Lipinski definition) is 2. The van der Waals surface area contributed by atoms with Gasteiger partial charge in [-0.25, -0.2) is 14.4 Å². The van der Waals surface area contributed by atoms with Gasteiger partial charge in [0, 0.05) is 22.4 Å². The Morgan fingerprint density at radius 3 is 2.73 bits per heavy atom. The van der Waals surface area contributed by atoms with E-state index >= 15 is 0 Å². The number of aromatic nitrogens is 3. The molecule has 41 heavy (non-hydrogen) atoms. The van der Waals surface area contributed by atoms with Crippen LogP contribution in [-0.4, -0.2) is 32.8 Å². The summed E-state index contributed by atoms with van der Waals surface area (Å²) < 4.78 is 28.2. The number of aromatic amines is 1. The number of fused-ring (bicyclic) bond motifs is 5. The lowest BCUT2D eigenvalue weighted by molar-refractivity contribution is -0.111. The molecule has 0 spiro atoms. The van der Waals surface area contributed by atoms with Crippen LogP contribution >= 0.6 is 27.5 Å². The van der Waals surface area contributed by atoms with E-state index in [1.165, 1.54) is 25.3 Å². The topological polar surface area (TPSA) is 97.3 Å². The van der Waals surface area contributed by atoms with Gasteiger partial charge in [-0.05, 0) is 37.0 Å². The molecule has 1 aromatic carbocycles. The van der Waals surface area contributed by atoms with Gasteiger partial charge in [-0.15, -0.1) is 0 Å². The number of pyridine rings is 1. The van der Waals surface area contributed by atoms with Crippen LogP contribution in [-0.2, 0) is 5.60 Å². The predicted octanol–water partition coefficient (Wildman–Crippen LogP) is 6.38. The number of ether oxygens (including phenoxy) is 2. The van der Waals surface area contributed by atoms with Crippen molar-refractivity contribution < 1.29 is 19.0 Å². The van der Waals surface area contributed by atoms with Crippen LogP contribution in [0.4, 0.5) is 4.39 Å². The van der Waals surface area contributed by atoms with Crippen LogP contribution in [0.1, 0.15) is 78.6 Å². The molecule has 7 rings (SSSR count). The largest absolute Gasteiger partial charge is 0.496 e. The maximum absolute atomic E-state index is 14.8. The first-order valence-electron chi connectivity index (χ1n) is 13.9. The van der Waals surface area contributed by atoms with Crippen LogP contribution in [0.3, 0.4) is 0 Å². The number of methoxy groups -OCH3 is 1. The monoisotopic (exact) mass is 639 g/mol. The van der Waals surface area contributed by atoms with Crippen LogP contribution in [0.5, 0.6) is 11.6 Å². The molecular weight excluding hydrogens is 613 g/mol. The molecule has 0 bridgehead atoms. The Kier molecular flexibility index (Phi) is 6.41. The minimum atomic E-state index is -1.97.